The lowest BCUT2D eigenvalue weighted by Crippen LogP contribution is -2.40. The van der Waals surface area contributed by atoms with Crippen molar-refractivity contribution in [1.29, 1.82) is 0 Å². The Balaban J connectivity index is 1.40. The molecule has 3 heterocycles. The monoisotopic (exact) mass is 345 g/mol. The highest BCUT2D eigenvalue weighted by atomic mass is 32.1. The largest absolute Gasteiger partial charge is 0.342 e. The molecule has 24 heavy (non-hydrogen) atoms. The highest BCUT2D eigenvalue weighted by molar-refractivity contribution is 7.12. The fourth-order valence-electron chi connectivity index (χ4n) is 3.64. The average Bonchev–Trinajstić information content (AvgIpc) is 3.04. The van der Waals surface area contributed by atoms with E-state index in [-0.39, 0.29) is 11.8 Å². The van der Waals surface area contributed by atoms with E-state index in [4.69, 9.17) is 4.52 Å². The molecule has 128 valence electrons. The normalized spacial score (nSPS) is 26.6. The third-order valence-electron chi connectivity index (χ3n) is 5.12. The van der Waals surface area contributed by atoms with Gasteiger partial charge in [-0.1, -0.05) is 12.1 Å². The third kappa shape index (κ3) is 2.99. The van der Waals surface area contributed by atoms with Gasteiger partial charge in [0, 0.05) is 47.0 Å². The first-order valence-electron chi connectivity index (χ1n) is 8.83. The molecule has 0 bridgehead atoms. The number of piperidine rings is 1. The first-order valence-corrected chi connectivity index (χ1v) is 9.65. The van der Waals surface area contributed by atoms with Crippen LogP contribution in [0, 0.1) is 12.8 Å². The molecule has 3 atom stereocenters. The molecule has 1 aliphatic carbocycles. The lowest BCUT2D eigenvalue weighted by molar-refractivity contribution is -0.133. The molecule has 2 aromatic heterocycles. The fraction of sp³-hybridized carbons (Fsp3) is 0.611. The van der Waals surface area contributed by atoms with Crippen LogP contribution in [0.1, 0.15) is 59.5 Å². The van der Waals surface area contributed by atoms with Gasteiger partial charge < -0.3 is 9.42 Å². The van der Waals surface area contributed by atoms with Crippen molar-refractivity contribution in [2.45, 2.75) is 51.4 Å². The average molecular weight is 345 g/mol. The van der Waals surface area contributed by atoms with Crippen molar-refractivity contribution in [1.82, 2.24) is 15.0 Å². The first kappa shape index (κ1) is 15.8. The SMILES string of the molecule is CCc1nc([C@@H]2CCCN(C(=O)[C@H]3C[C@H]3c3ccc(C)s3)C2)no1. The summed E-state index contributed by atoms with van der Waals surface area (Å²) < 4.78 is 5.24. The van der Waals surface area contributed by atoms with Crippen molar-refractivity contribution in [3.63, 3.8) is 0 Å². The molecule has 1 saturated carbocycles. The van der Waals surface area contributed by atoms with E-state index in [9.17, 15) is 4.79 Å². The van der Waals surface area contributed by atoms with E-state index in [1.54, 1.807) is 0 Å². The Morgan fingerprint density at radius 2 is 2.33 bits per heavy atom. The van der Waals surface area contributed by atoms with E-state index < -0.39 is 0 Å². The van der Waals surface area contributed by atoms with Crippen molar-refractivity contribution in [3.8, 4) is 0 Å². The van der Waals surface area contributed by atoms with Gasteiger partial charge in [0.2, 0.25) is 11.8 Å². The van der Waals surface area contributed by atoms with Crippen molar-refractivity contribution in [2.24, 2.45) is 5.92 Å². The lowest BCUT2D eigenvalue weighted by atomic mass is 9.97. The van der Waals surface area contributed by atoms with Gasteiger partial charge in [-0.2, -0.15) is 4.98 Å². The molecular weight excluding hydrogens is 322 g/mol. The van der Waals surface area contributed by atoms with Gasteiger partial charge in [0.25, 0.3) is 0 Å². The molecule has 5 nitrogen and oxygen atoms in total. The maximum atomic E-state index is 12.9. The number of likely N-dealkylation sites (tertiary alicyclic amines) is 1. The second kappa shape index (κ2) is 6.31. The number of aromatic nitrogens is 2. The molecule has 1 saturated heterocycles. The molecule has 1 amide bonds. The number of thiophene rings is 1. The molecule has 2 aliphatic rings. The van der Waals surface area contributed by atoms with Crippen molar-refractivity contribution >= 4 is 17.2 Å². The quantitative estimate of drug-likeness (QED) is 0.851. The van der Waals surface area contributed by atoms with E-state index in [2.05, 4.69) is 29.2 Å². The molecule has 0 N–H and O–H groups in total. The van der Waals surface area contributed by atoms with Crippen LogP contribution in [0.2, 0.25) is 0 Å². The van der Waals surface area contributed by atoms with Crippen LogP contribution < -0.4 is 0 Å². The maximum Gasteiger partial charge on any atom is 0.226 e. The Bertz CT molecular complexity index is 738. The van der Waals surface area contributed by atoms with Crippen LogP contribution in [-0.4, -0.2) is 34.0 Å². The third-order valence-corrected chi connectivity index (χ3v) is 6.25. The van der Waals surface area contributed by atoms with Gasteiger partial charge in [-0.25, -0.2) is 0 Å². The molecule has 0 spiro atoms. The van der Waals surface area contributed by atoms with Crippen LogP contribution in [-0.2, 0) is 11.2 Å². The summed E-state index contributed by atoms with van der Waals surface area (Å²) in [6.07, 6.45) is 3.81. The Morgan fingerprint density at radius 1 is 1.46 bits per heavy atom. The van der Waals surface area contributed by atoms with Gasteiger partial charge in [-0.3, -0.25) is 4.79 Å². The summed E-state index contributed by atoms with van der Waals surface area (Å²) in [5.74, 6) is 2.60. The zero-order valence-corrected chi connectivity index (χ0v) is 15.0. The van der Waals surface area contributed by atoms with Crippen LogP contribution in [0.4, 0.5) is 0 Å². The number of rotatable bonds is 4. The highest BCUT2D eigenvalue weighted by Crippen LogP contribution is 2.50. The van der Waals surface area contributed by atoms with Crippen LogP contribution in [0.15, 0.2) is 16.7 Å². The molecule has 4 rings (SSSR count). The summed E-state index contributed by atoms with van der Waals surface area (Å²) in [5.41, 5.74) is 0. The van der Waals surface area contributed by atoms with E-state index in [0.29, 0.717) is 17.7 Å². The molecule has 1 aliphatic heterocycles. The van der Waals surface area contributed by atoms with Gasteiger partial charge in [0.05, 0.1) is 0 Å². The number of amides is 1. The minimum Gasteiger partial charge on any atom is -0.342 e. The van der Waals surface area contributed by atoms with E-state index in [1.807, 2.05) is 23.2 Å². The predicted octanol–water partition coefficient (Wildman–Crippen LogP) is 3.51. The minimum absolute atomic E-state index is 0.179. The van der Waals surface area contributed by atoms with Crippen molar-refractivity contribution in [3.05, 3.63) is 33.6 Å². The number of aryl methyl sites for hydroxylation is 2. The summed E-state index contributed by atoms with van der Waals surface area (Å²) in [6.45, 7) is 5.72. The minimum atomic E-state index is 0.179. The second-order valence-electron chi connectivity index (χ2n) is 6.92. The zero-order valence-electron chi connectivity index (χ0n) is 14.2. The first-order chi connectivity index (χ1) is 11.7. The second-order valence-corrected chi connectivity index (χ2v) is 8.24. The number of nitrogens with zero attached hydrogens (tertiary/aromatic N) is 3. The van der Waals surface area contributed by atoms with Crippen molar-refractivity contribution in [2.75, 3.05) is 13.1 Å². The summed E-state index contributed by atoms with van der Waals surface area (Å²) in [4.78, 5) is 22.0. The molecule has 0 aromatic carbocycles. The molecule has 0 radical (unpaired) electrons. The van der Waals surface area contributed by atoms with Gasteiger partial charge in [-0.15, -0.1) is 11.3 Å². The Labute approximate surface area is 146 Å². The Kier molecular flexibility index (Phi) is 4.16. The smallest absolute Gasteiger partial charge is 0.226 e. The summed E-state index contributed by atoms with van der Waals surface area (Å²) in [7, 11) is 0. The fourth-order valence-corrected chi connectivity index (χ4v) is 4.69. The Hall–Kier alpha value is -1.69. The van der Waals surface area contributed by atoms with Gasteiger partial charge in [0.1, 0.15) is 0 Å². The zero-order chi connectivity index (χ0) is 16.7. The number of carbonyl (C=O) groups excluding carboxylic acids is 1. The van der Waals surface area contributed by atoms with Gasteiger partial charge >= 0.3 is 0 Å². The highest BCUT2D eigenvalue weighted by Gasteiger charge is 2.47. The standard InChI is InChI=1S/C18H23N3O2S/c1-3-16-19-17(20-23-16)12-5-4-8-21(10-12)18(22)14-9-13(14)15-7-6-11(2)24-15/h6-7,12-14H,3-5,8-10H2,1-2H3/t12-,13-,14+/m1/s1. The number of hydrogen-bond acceptors (Lipinski definition) is 5. The van der Waals surface area contributed by atoms with Crippen LogP contribution in [0.3, 0.4) is 0 Å². The molecule has 2 fully saturated rings. The molecule has 6 heteroatoms. The maximum absolute atomic E-state index is 12.9. The summed E-state index contributed by atoms with van der Waals surface area (Å²) in [6, 6.07) is 4.33. The molecule has 2 aromatic rings. The van der Waals surface area contributed by atoms with Crippen LogP contribution >= 0.6 is 11.3 Å². The topological polar surface area (TPSA) is 59.2 Å². The summed E-state index contributed by atoms with van der Waals surface area (Å²) in [5, 5.41) is 4.11. The van der Waals surface area contributed by atoms with Gasteiger partial charge in [0.15, 0.2) is 5.82 Å². The van der Waals surface area contributed by atoms with E-state index >= 15 is 0 Å². The predicted molar refractivity (Wildman–Crippen MR) is 92.1 cm³/mol. The summed E-state index contributed by atoms with van der Waals surface area (Å²) >= 11 is 1.83. The Morgan fingerprint density at radius 3 is 3.04 bits per heavy atom. The van der Waals surface area contributed by atoms with E-state index in [0.717, 1.165) is 44.6 Å². The lowest BCUT2D eigenvalue weighted by Gasteiger charge is -2.31. The van der Waals surface area contributed by atoms with E-state index in [1.165, 1.54) is 9.75 Å². The van der Waals surface area contributed by atoms with Crippen molar-refractivity contribution < 1.29 is 9.32 Å². The number of carbonyl (C=O) groups is 1. The number of hydrogen-bond donors (Lipinski definition) is 0. The van der Waals surface area contributed by atoms with Crippen LogP contribution in [0.25, 0.3) is 0 Å². The van der Waals surface area contributed by atoms with Crippen LogP contribution in [0.5, 0.6) is 0 Å². The molecular formula is C18H23N3O2S. The molecule has 0 unspecified atom stereocenters. The van der Waals surface area contributed by atoms with Gasteiger partial charge in [-0.05, 0) is 38.3 Å².